The van der Waals surface area contributed by atoms with Crippen molar-refractivity contribution in [1.29, 1.82) is 0 Å². The Morgan fingerprint density at radius 1 is 1.09 bits per heavy atom. The monoisotopic (exact) mass is 481 g/mol. The number of rotatable bonds is 4. The number of anilines is 2. The van der Waals surface area contributed by atoms with Crippen molar-refractivity contribution in [3.05, 3.63) is 89.5 Å². The largest absolute Gasteiger partial charge is 0.497 e. The van der Waals surface area contributed by atoms with Crippen molar-refractivity contribution in [2.75, 3.05) is 29.6 Å². The molecule has 1 unspecified atom stereocenters. The Bertz CT molecular complexity index is 1290. The molecule has 0 radical (unpaired) electrons. The minimum absolute atomic E-state index is 0.100. The van der Waals surface area contributed by atoms with Crippen molar-refractivity contribution in [1.82, 2.24) is 4.90 Å². The van der Waals surface area contributed by atoms with E-state index < -0.39 is 22.5 Å². The van der Waals surface area contributed by atoms with Crippen LogP contribution in [0.4, 0.5) is 25.0 Å². The molecule has 6 nitrogen and oxygen atoms in total. The standard InChI is InChI=1S/C25H21F2N3O3S/c1-33-20-7-3-6-19(14-20)28-24(32)30-10-11-34-25(30)21-13-18(27)8-9-22(21)29(23(25)31)15-16-4-2-5-17(26)12-16/h2-9,12-14H,10-11,15H2,1H3,(H,28,32). The van der Waals surface area contributed by atoms with Crippen LogP contribution in [0.5, 0.6) is 5.75 Å². The van der Waals surface area contributed by atoms with Gasteiger partial charge in [-0.15, -0.1) is 11.8 Å². The first-order valence-electron chi connectivity index (χ1n) is 10.7. The maximum Gasteiger partial charge on any atom is 0.323 e. The lowest BCUT2D eigenvalue weighted by Gasteiger charge is -2.33. The molecule has 1 atom stereocenters. The number of methoxy groups -OCH3 is 1. The van der Waals surface area contributed by atoms with Crippen molar-refractivity contribution >= 4 is 35.1 Å². The molecule has 9 heteroatoms. The molecule has 2 aliphatic heterocycles. The molecule has 174 valence electrons. The zero-order valence-corrected chi connectivity index (χ0v) is 19.1. The van der Waals surface area contributed by atoms with Crippen molar-refractivity contribution < 1.29 is 23.1 Å². The zero-order valence-electron chi connectivity index (χ0n) is 18.3. The normalized spacial score (nSPS) is 19.0. The van der Waals surface area contributed by atoms with E-state index in [0.29, 0.717) is 40.5 Å². The number of hydrogen-bond acceptors (Lipinski definition) is 4. The molecule has 1 N–H and O–H groups in total. The van der Waals surface area contributed by atoms with Crippen LogP contribution in [0.25, 0.3) is 0 Å². The van der Waals surface area contributed by atoms with Crippen LogP contribution in [0.1, 0.15) is 11.1 Å². The van der Waals surface area contributed by atoms with Crippen LogP contribution < -0.4 is 15.0 Å². The summed E-state index contributed by atoms with van der Waals surface area (Å²) >= 11 is 1.29. The van der Waals surface area contributed by atoms with E-state index in [9.17, 15) is 18.4 Å². The summed E-state index contributed by atoms with van der Waals surface area (Å²) in [4.78, 5) is 28.8. The molecule has 0 aliphatic carbocycles. The highest BCUT2D eigenvalue weighted by Gasteiger charge is 2.59. The van der Waals surface area contributed by atoms with Crippen LogP contribution in [0.3, 0.4) is 0 Å². The number of fused-ring (bicyclic) bond motifs is 2. The van der Waals surface area contributed by atoms with Crippen molar-refractivity contribution in [3.63, 3.8) is 0 Å². The number of nitrogens with one attached hydrogen (secondary N) is 1. The minimum atomic E-state index is -1.41. The predicted molar refractivity (Wildman–Crippen MR) is 127 cm³/mol. The number of nitrogens with zero attached hydrogens (tertiary/aromatic N) is 2. The molecule has 0 saturated carbocycles. The number of halogens is 2. The van der Waals surface area contributed by atoms with E-state index in [2.05, 4.69) is 5.32 Å². The number of benzene rings is 3. The summed E-state index contributed by atoms with van der Waals surface area (Å²) in [5, 5.41) is 2.83. The lowest BCUT2D eigenvalue weighted by molar-refractivity contribution is -0.123. The molecule has 0 bridgehead atoms. The van der Waals surface area contributed by atoms with E-state index in [4.69, 9.17) is 4.74 Å². The predicted octanol–water partition coefficient (Wildman–Crippen LogP) is 4.95. The number of carbonyl (C=O) groups excluding carboxylic acids is 2. The number of carbonyl (C=O) groups is 2. The summed E-state index contributed by atoms with van der Waals surface area (Å²) in [6, 6.07) is 16.5. The Balaban J connectivity index is 1.52. The highest BCUT2D eigenvalue weighted by Crippen LogP contribution is 2.54. The highest BCUT2D eigenvalue weighted by molar-refractivity contribution is 8.01. The molecular weight excluding hydrogens is 460 g/mol. The molecule has 0 aromatic heterocycles. The zero-order chi connectivity index (χ0) is 23.9. The van der Waals surface area contributed by atoms with Gasteiger partial charge >= 0.3 is 6.03 Å². The molecule has 34 heavy (non-hydrogen) atoms. The Hall–Kier alpha value is -3.59. The third-order valence-corrected chi connectivity index (χ3v) is 7.37. The number of urea groups is 1. The van der Waals surface area contributed by atoms with E-state index in [1.165, 1.54) is 59.0 Å². The van der Waals surface area contributed by atoms with Gasteiger partial charge in [0.15, 0.2) is 4.87 Å². The van der Waals surface area contributed by atoms with E-state index in [0.717, 1.165) is 0 Å². The van der Waals surface area contributed by atoms with Crippen LogP contribution in [0.15, 0.2) is 66.7 Å². The number of ether oxygens (including phenoxy) is 1. The van der Waals surface area contributed by atoms with Gasteiger partial charge in [0.25, 0.3) is 5.91 Å². The van der Waals surface area contributed by atoms with Crippen molar-refractivity contribution in [3.8, 4) is 5.75 Å². The summed E-state index contributed by atoms with van der Waals surface area (Å²) in [5.74, 6) is -0.192. The van der Waals surface area contributed by atoms with Gasteiger partial charge in [-0.1, -0.05) is 18.2 Å². The fourth-order valence-corrected chi connectivity index (χ4v) is 5.91. The smallest absolute Gasteiger partial charge is 0.323 e. The van der Waals surface area contributed by atoms with Gasteiger partial charge in [0, 0.05) is 29.6 Å². The van der Waals surface area contributed by atoms with Gasteiger partial charge in [0.2, 0.25) is 0 Å². The Morgan fingerprint density at radius 3 is 2.68 bits per heavy atom. The molecule has 2 heterocycles. The first-order valence-corrected chi connectivity index (χ1v) is 11.6. The maximum atomic E-state index is 14.4. The summed E-state index contributed by atoms with van der Waals surface area (Å²) in [7, 11) is 1.53. The molecule has 5 rings (SSSR count). The SMILES string of the molecule is COc1cccc(NC(=O)N2CCSC23C(=O)N(Cc2cccc(F)c2)c2ccc(F)cc23)c1. The van der Waals surface area contributed by atoms with Crippen LogP contribution in [0.2, 0.25) is 0 Å². The third-order valence-electron chi connectivity index (χ3n) is 5.95. The molecular formula is C25H21F2N3O3S. The number of thioether (sulfide) groups is 1. The highest BCUT2D eigenvalue weighted by atomic mass is 32.2. The molecule has 1 saturated heterocycles. The fraction of sp³-hybridized carbons (Fsp3) is 0.200. The van der Waals surface area contributed by atoms with Gasteiger partial charge in [0.05, 0.1) is 19.3 Å². The average Bonchev–Trinajstić information content (AvgIpc) is 3.36. The maximum absolute atomic E-state index is 14.4. The van der Waals surface area contributed by atoms with Crippen LogP contribution >= 0.6 is 11.8 Å². The molecule has 2 aliphatic rings. The molecule has 3 aromatic carbocycles. The number of hydrogen-bond donors (Lipinski definition) is 1. The Morgan fingerprint density at radius 2 is 1.88 bits per heavy atom. The molecule has 3 amide bonds. The lowest BCUT2D eigenvalue weighted by atomic mass is 10.1. The Labute approximate surface area is 199 Å². The van der Waals surface area contributed by atoms with Gasteiger partial charge < -0.3 is 15.0 Å². The quantitative estimate of drug-likeness (QED) is 0.573. The van der Waals surface area contributed by atoms with Gasteiger partial charge in [-0.3, -0.25) is 9.69 Å². The Kier molecular flexibility index (Phi) is 5.65. The van der Waals surface area contributed by atoms with Gasteiger partial charge in [-0.2, -0.15) is 0 Å². The van der Waals surface area contributed by atoms with Gasteiger partial charge in [0.1, 0.15) is 17.4 Å². The molecule has 1 fully saturated rings. The second-order valence-corrected chi connectivity index (χ2v) is 9.28. The van der Waals surface area contributed by atoms with Gasteiger partial charge in [-0.25, -0.2) is 13.6 Å². The summed E-state index contributed by atoms with van der Waals surface area (Å²) in [6.07, 6.45) is 0. The minimum Gasteiger partial charge on any atom is -0.497 e. The van der Waals surface area contributed by atoms with Crippen LogP contribution in [0, 0.1) is 11.6 Å². The summed E-state index contributed by atoms with van der Waals surface area (Å²) in [6.45, 7) is 0.402. The fourth-order valence-electron chi connectivity index (χ4n) is 4.45. The lowest BCUT2D eigenvalue weighted by Crippen LogP contribution is -2.51. The summed E-state index contributed by atoms with van der Waals surface area (Å²) < 4.78 is 33.4. The second kappa shape index (κ2) is 8.64. The number of amides is 3. The molecule has 3 aromatic rings. The van der Waals surface area contributed by atoms with Crippen molar-refractivity contribution in [2.45, 2.75) is 11.4 Å². The van der Waals surface area contributed by atoms with E-state index >= 15 is 0 Å². The average molecular weight is 482 g/mol. The van der Waals surface area contributed by atoms with Gasteiger partial charge in [-0.05, 0) is 48.0 Å². The third kappa shape index (κ3) is 3.66. The van der Waals surface area contributed by atoms with Crippen molar-refractivity contribution in [2.24, 2.45) is 0 Å². The topological polar surface area (TPSA) is 61.9 Å². The van der Waals surface area contributed by atoms with Crippen LogP contribution in [-0.2, 0) is 16.2 Å². The summed E-state index contributed by atoms with van der Waals surface area (Å²) in [5.41, 5.74) is 2.02. The van der Waals surface area contributed by atoms with E-state index in [1.54, 1.807) is 36.4 Å². The second-order valence-electron chi connectivity index (χ2n) is 7.99. The first-order chi connectivity index (χ1) is 16.4. The van der Waals surface area contributed by atoms with Crippen LogP contribution in [-0.4, -0.2) is 36.2 Å². The van der Waals surface area contributed by atoms with E-state index in [-0.39, 0.29) is 12.5 Å². The first kappa shape index (κ1) is 22.2. The van der Waals surface area contributed by atoms with E-state index in [1.807, 2.05) is 0 Å². The molecule has 1 spiro atoms.